The molecule has 0 fully saturated rings. The van der Waals surface area contributed by atoms with Crippen molar-refractivity contribution in [2.75, 3.05) is 13.1 Å². The van der Waals surface area contributed by atoms with E-state index in [4.69, 9.17) is 0 Å². The Balaban J connectivity index is 5.04. The molecule has 0 spiro atoms. The van der Waals surface area contributed by atoms with Crippen molar-refractivity contribution in [3.05, 3.63) is 25.3 Å². The van der Waals surface area contributed by atoms with Gasteiger partial charge in [0.15, 0.2) is 0 Å². The third-order valence-electron chi connectivity index (χ3n) is 3.06. The molecule has 0 aromatic rings. The molecule has 0 rings (SSSR count). The monoisotopic (exact) mass is 304 g/mol. The number of hydrogen-bond donors (Lipinski definition) is 3. The molecule has 0 aromatic carbocycles. The Labute approximate surface area is 118 Å². The van der Waals surface area contributed by atoms with Crippen LogP contribution in [0, 0.1) is 5.92 Å². The first-order valence-corrected chi connectivity index (χ1v) is 7.27. The molecule has 7 nitrogen and oxygen atoms in total. The summed E-state index contributed by atoms with van der Waals surface area (Å²) in [5, 5.41) is 4.89. The molecule has 0 heterocycles. The molecule has 20 heavy (non-hydrogen) atoms. The van der Waals surface area contributed by atoms with Gasteiger partial charge in [0.1, 0.15) is 0 Å². The van der Waals surface area contributed by atoms with Gasteiger partial charge in [-0.25, -0.2) is 0 Å². The lowest BCUT2D eigenvalue weighted by Crippen LogP contribution is -2.50. The smallest absolute Gasteiger partial charge is 0.270 e. The van der Waals surface area contributed by atoms with Crippen LogP contribution in [0.25, 0.3) is 0 Å². The topological polar surface area (TPSA) is 113 Å². The van der Waals surface area contributed by atoms with E-state index < -0.39 is 32.6 Å². The Hall–Kier alpha value is -1.67. The van der Waals surface area contributed by atoms with Gasteiger partial charge in [-0.1, -0.05) is 13.2 Å². The normalized spacial score (nSPS) is 11.8. The maximum Gasteiger partial charge on any atom is 0.270 e. The van der Waals surface area contributed by atoms with E-state index >= 15 is 0 Å². The zero-order valence-electron chi connectivity index (χ0n) is 11.5. The number of rotatable bonds is 8. The molecule has 0 atom stereocenters. The first-order chi connectivity index (χ1) is 9.06. The van der Waals surface area contributed by atoms with Gasteiger partial charge in [0.2, 0.25) is 11.8 Å². The van der Waals surface area contributed by atoms with Crippen molar-refractivity contribution in [2.45, 2.75) is 18.6 Å². The van der Waals surface area contributed by atoms with Gasteiger partial charge in [-0.05, 0) is 26.0 Å². The number of nitrogens with one attached hydrogen (secondary N) is 2. The van der Waals surface area contributed by atoms with Gasteiger partial charge in [0.25, 0.3) is 10.1 Å². The van der Waals surface area contributed by atoms with E-state index in [1.807, 2.05) is 0 Å². The highest BCUT2D eigenvalue weighted by atomic mass is 32.2. The summed E-state index contributed by atoms with van der Waals surface area (Å²) in [6, 6.07) is 0. The van der Waals surface area contributed by atoms with Crippen molar-refractivity contribution < 1.29 is 22.6 Å². The van der Waals surface area contributed by atoms with Crippen molar-refractivity contribution in [1.29, 1.82) is 0 Å². The molecule has 0 radical (unpaired) electrons. The van der Waals surface area contributed by atoms with Crippen molar-refractivity contribution >= 4 is 21.9 Å². The lowest BCUT2D eigenvalue weighted by Gasteiger charge is -2.31. The molecule has 8 heteroatoms. The standard InChI is InChI=1S/C12H20N2O5S/c1-5-10(15)13-7-9(8-14-11(16)6-2)12(3,4)20(17,18)19/h5-6,9H,1-2,7-8H2,3-4H3,(H,13,15)(H,14,16)(H,17,18,19). The second-order valence-corrected chi connectivity index (χ2v) is 6.68. The average Bonchev–Trinajstić information content (AvgIpc) is 2.36. The fraction of sp³-hybridized carbons (Fsp3) is 0.500. The third kappa shape index (κ3) is 5.14. The zero-order valence-corrected chi connectivity index (χ0v) is 12.4. The molecule has 0 saturated carbocycles. The van der Waals surface area contributed by atoms with Crippen LogP contribution in [0.15, 0.2) is 25.3 Å². The van der Waals surface area contributed by atoms with Gasteiger partial charge < -0.3 is 10.6 Å². The summed E-state index contributed by atoms with van der Waals surface area (Å²) in [6.45, 7) is 9.08. The number of hydrogen-bond acceptors (Lipinski definition) is 4. The van der Waals surface area contributed by atoms with Crippen LogP contribution < -0.4 is 10.6 Å². The highest BCUT2D eigenvalue weighted by Gasteiger charge is 2.41. The molecule has 2 amide bonds. The van der Waals surface area contributed by atoms with Crippen molar-refractivity contribution in [3.63, 3.8) is 0 Å². The largest absolute Gasteiger partial charge is 0.352 e. The molecule has 0 saturated heterocycles. The second-order valence-electron chi connectivity index (χ2n) is 4.67. The van der Waals surface area contributed by atoms with Crippen LogP contribution >= 0.6 is 0 Å². The maximum absolute atomic E-state index is 11.4. The summed E-state index contributed by atoms with van der Waals surface area (Å²) >= 11 is 0. The molecule has 0 aliphatic heterocycles. The Morgan fingerprint density at radius 1 is 1.15 bits per heavy atom. The van der Waals surface area contributed by atoms with Gasteiger partial charge in [-0.2, -0.15) is 8.42 Å². The van der Waals surface area contributed by atoms with E-state index in [2.05, 4.69) is 23.8 Å². The first kappa shape index (κ1) is 18.3. The second kappa shape index (κ2) is 7.20. The molecule has 0 bridgehead atoms. The summed E-state index contributed by atoms with van der Waals surface area (Å²) in [6.07, 6.45) is 2.08. The molecular formula is C12H20N2O5S. The molecule has 114 valence electrons. The Bertz CT molecular complexity index is 472. The lowest BCUT2D eigenvalue weighted by atomic mass is 9.94. The van der Waals surface area contributed by atoms with Crippen LogP contribution in [0.2, 0.25) is 0 Å². The molecule has 0 aromatic heterocycles. The van der Waals surface area contributed by atoms with Crippen LogP contribution in [-0.2, 0) is 19.7 Å². The van der Waals surface area contributed by atoms with Crippen LogP contribution in [-0.4, -0.2) is 42.6 Å². The first-order valence-electron chi connectivity index (χ1n) is 5.83. The highest BCUT2D eigenvalue weighted by Crippen LogP contribution is 2.24. The van der Waals surface area contributed by atoms with E-state index in [0.29, 0.717) is 0 Å². The van der Waals surface area contributed by atoms with Crippen LogP contribution in [0.5, 0.6) is 0 Å². The van der Waals surface area contributed by atoms with Gasteiger partial charge >= 0.3 is 0 Å². The van der Waals surface area contributed by atoms with Gasteiger partial charge in [-0.3, -0.25) is 14.1 Å². The molecular weight excluding hydrogens is 284 g/mol. The van der Waals surface area contributed by atoms with Gasteiger partial charge in [-0.15, -0.1) is 0 Å². The van der Waals surface area contributed by atoms with E-state index in [0.717, 1.165) is 12.2 Å². The van der Waals surface area contributed by atoms with Crippen molar-refractivity contribution in [3.8, 4) is 0 Å². The van der Waals surface area contributed by atoms with Gasteiger partial charge in [0.05, 0.1) is 4.75 Å². The van der Waals surface area contributed by atoms with Crippen LogP contribution in [0.3, 0.4) is 0 Å². The molecule has 0 aliphatic rings. The Kier molecular flexibility index (Phi) is 6.60. The number of carbonyl (C=O) groups excluding carboxylic acids is 2. The van der Waals surface area contributed by atoms with Crippen LogP contribution in [0.4, 0.5) is 0 Å². The zero-order chi connectivity index (χ0) is 16.0. The molecule has 0 aliphatic carbocycles. The minimum Gasteiger partial charge on any atom is -0.352 e. The van der Waals surface area contributed by atoms with Crippen molar-refractivity contribution in [2.24, 2.45) is 5.92 Å². The minimum absolute atomic E-state index is 0.0466. The highest BCUT2D eigenvalue weighted by molar-refractivity contribution is 7.87. The quantitative estimate of drug-likeness (QED) is 0.427. The van der Waals surface area contributed by atoms with E-state index in [1.165, 1.54) is 13.8 Å². The summed E-state index contributed by atoms with van der Waals surface area (Å²) in [5.41, 5.74) is 0. The maximum atomic E-state index is 11.4. The summed E-state index contributed by atoms with van der Waals surface area (Å²) in [4.78, 5) is 22.3. The Morgan fingerprint density at radius 3 is 1.75 bits per heavy atom. The fourth-order valence-electron chi connectivity index (χ4n) is 1.37. The lowest BCUT2D eigenvalue weighted by molar-refractivity contribution is -0.116. The van der Waals surface area contributed by atoms with E-state index in [1.54, 1.807) is 0 Å². The van der Waals surface area contributed by atoms with E-state index in [9.17, 15) is 22.6 Å². The SMILES string of the molecule is C=CC(=O)NCC(CNC(=O)C=C)C(C)(C)S(=O)(=O)O. The van der Waals surface area contributed by atoms with Gasteiger partial charge in [0, 0.05) is 19.0 Å². The predicted molar refractivity (Wildman–Crippen MR) is 75.5 cm³/mol. The number of amides is 2. The Morgan fingerprint density at radius 2 is 1.50 bits per heavy atom. The number of carbonyl (C=O) groups is 2. The average molecular weight is 304 g/mol. The predicted octanol–water partition coefficient (Wildman–Crippen LogP) is -0.127. The summed E-state index contributed by atoms with van der Waals surface area (Å²) < 4.78 is 30.5. The van der Waals surface area contributed by atoms with Crippen molar-refractivity contribution in [1.82, 2.24) is 10.6 Å². The van der Waals surface area contributed by atoms with E-state index in [-0.39, 0.29) is 13.1 Å². The van der Waals surface area contributed by atoms with Crippen LogP contribution in [0.1, 0.15) is 13.8 Å². The fourth-order valence-corrected chi connectivity index (χ4v) is 1.95. The third-order valence-corrected chi connectivity index (χ3v) is 4.73. The summed E-state index contributed by atoms with van der Waals surface area (Å²) in [5.74, 6) is -1.68. The molecule has 0 unspecified atom stereocenters. The minimum atomic E-state index is -4.37. The summed E-state index contributed by atoms with van der Waals surface area (Å²) in [7, 11) is -4.37. The molecule has 3 N–H and O–H groups in total.